The van der Waals surface area contributed by atoms with E-state index in [1.807, 2.05) is 31.2 Å². The van der Waals surface area contributed by atoms with Gasteiger partial charge in [0.25, 0.3) is 0 Å². The van der Waals surface area contributed by atoms with Gasteiger partial charge in [0.2, 0.25) is 0 Å². The molecule has 21 heavy (non-hydrogen) atoms. The standard InChI is InChI=1S/C15H17BrClN3S/c1-3-8-18-15-14(16)10(2)19-13(20-15)9-21-12-7-5-4-6-11(12)17/h4-7H,3,8-9H2,1-2H3,(H,18,19,20). The van der Waals surface area contributed by atoms with Crippen LogP contribution in [0.5, 0.6) is 0 Å². The molecule has 0 saturated carbocycles. The molecule has 2 aromatic rings. The average Bonchev–Trinajstić information content (AvgIpc) is 2.48. The van der Waals surface area contributed by atoms with Crippen molar-refractivity contribution in [2.24, 2.45) is 0 Å². The molecule has 0 bridgehead atoms. The Morgan fingerprint density at radius 3 is 2.76 bits per heavy atom. The molecule has 0 radical (unpaired) electrons. The number of hydrogen-bond acceptors (Lipinski definition) is 4. The normalized spacial score (nSPS) is 10.7. The van der Waals surface area contributed by atoms with E-state index in [0.717, 1.165) is 44.7 Å². The van der Waals surface area contributed by atoms with Gasteiger partial charge in [-0.25, -0.2) is 9.97 Å². The zero-order chi connectivity index (χ0) is 15.2. The molecular formula is C15H17BrClN3S. The van der Waals surface area contributed by atoms with Gasteiger partial charge in [0.1, 0.15) is 11.6 Å². The summed E-state index contributed by atoms with van der Waals surface area (Å²) < 4.78 is 0.933. The van der Waals surface area contributed by atoms with Gasteiger partial charge >= 0.3 is 0 Å². The van der Waals surface area contributed by atoms with Gasteiger partial charge < -0.3 is 5.32 Å². The Morgan fingerprint density at radius 1 is 1.29 bits per heavy atom. The van der Waals surface area contributed by atoms with E-state index in [9.17, 15) is 0 Å². The van der Waals surface area contributed by atoms with E-state index in [0.29, 0.717) is 5.75 Å². The number of anilines is 1. The summed E-state index contributed by atoms with van der Waals surface area (Å²) in [4.78, 5) is 10.2. The number of nitrogens with zero attached hydrogens (tertiary/aromatic N) is 2. The predicted octanol–water partition coefficient (Wildman–Crippen LogP) is 5.32. The fourth-order valence-electron chi connectivity index (χ4n) is 1.75. The molecule has 1 N–H and O–H groups in total. The van der Waals surface area contributed by atoms with Crippen LogP contribution in [0.1, 0.15) is 24.9 Å². The summed E-state index contributed by atoms with van der Waals surface area (Å²) >= 11 is 11.3. The van der Waals surface area contributed by atoms with Gasteiger partial charge in [-0.05, 0) is 41.4 Å². The quantitative estimate of drug-likeness (QED) is 0.682. The van der Waals surface area contributed by atoms with Gasteiger partial charge in [0, 0.05) is 11.4 Å². The second kappa shape index (κ2) is 8.01. The van der Waals surface area contributed by atoms with E-state index in [1.165, 1.54) is 0 Å². The van der Waals surface area contributed by atoms with Crippen LogP contribution in [0, 0.1) is 6.92 Å². The first-order valence-electron chi connectivity index (χ1n) is 6.76. The van der Waals surface area contributed by atoms with Gasteiger partial charge in [0.05, 0.1) is 20.9 Å². The third-order valence-electron chi connectivity index (χ3n) is 2.80. The molecule has 6 heteroatoms. The molecule has 0 aliphatic heterocycles. The number of aryl methyl sites for hydroxylation is 1. The van der Waals surface area contributed by atoms with Crippen LogP contribution in [0.2, 0.25) is 5.02 Å². The van der Waals surface area contributed by atoms with E-state index >= 15 is 0 Å². The van der Waals surface area contributed by atoms with Gasteiger partial charge in [-0.3, -0.25) is 0 Å². The van der Waals surface area contributed by atoms with Crippen molar-refractivity contribution in [3.05, 3.63) is 45.3 Å². The maximum atomic E-state index is 6.17. The molecule has 0 spiro atoms. The molecule has 3 nitrogen and oxygen atoms in total. The highest BCUT2D eigenvalue weighted by atomic mass is 79.9. The third-order valence-corrected chi connectivity index (χ3v) is 5.26. The number of halogens is 2. The predicted molar refractivity (Wildman–Crippen MR) is 94.3 cm³/mol. The Balaban J connectivity index is 2.13. The Labute approximate surface area is 143 Å². The first-order valence-corrected chi connectivity index (χ1v) is 8.91. The maximum absolute atomic E-state index is 6.17. The summed E-state index contributed by atoms with van der Waals surface area (Å²) in [7, 11) is 0. The molecule has 0 aliphatic rings. The molecule has 1 aromatic carbocycles. The molecule has 1 aromatic heterocycles. The van der Waals surface area contributed by atoms with E-state index in [1.54, 1.807) is 11.8 Å². The van der Waals surface area contributed by atoms with E-state index in [4.69, 9.17) is 11.6 Å². The van der Waals surface area contributed by atoms with Gasteiger partial charge in [0.15, 0.2) is 0 Å². The highest BCUT2D eigenvalue weighted by Crippen LogP contribution is 2.30. The molecule has 0 atom stereocenters. The lowest BCUT2D eigenvalue weighted by Crippen LogP contribution is -2.07. The van der Waals surface area contributed by atoms with Crippen molar-refractivity contribution in [3.8, 4) is 0 Å². The topological polar surface area (TPSA) is 37.8 Å². The van der Waals surface area contributed by atoms with Gasteiger partial charge in [-0.15, -0.1) is 11.8 Å². The van der Waals surface area contributed by atoms with Crippen molar-refractivity contribution >= 4 is 45.1 Å². The van der Waals surface area contributed by atoms with Crippen LogP contribution >= 0.6 is 39.3 Å². The number of nitrogens with one attached hydrogen (secondary N) is 1. The van der Waals surface area contributed by atoms with Gasteiger partial charge in [-0.2, -0.15) is 0 Å². The monoisotopic (exact) mass is 385 g/mol. The van der Waals surface area contributed by atoms with Crippen molar-refractivity contribution in [1.82, 2.24) is 9.97 Å². The molecule has 0 fully saturated rings. The Bertz CT molecular complexity index is 622. The minimum Gasteiger partial charge on any atom is -0.369 e. The van der Waals surface area contributed by atoms with Crippen LogP contribution in [0.25, 0.3) is 0 Å². The van der Waals surface area contributed by atoms with Crippen LogP contribution in [0.15, 0.2) is 33.6 Å². The average molecular weight is 387 g/mol. The smallest absolute Gasteiger partial charge is 0.144 e. The molecule has 112 valence electrons. The summed E-state index contributed by atoms with van der Waals surface area (Å²) in [6, 6.07) is 7.82. The maximum Gasteiger partial charge on any atom is 0.144 e. The minimum atomic E-state index is 0.693. The minimum absolute atomic E-state index is 0.693. The fraction of sp³-hybridized carbons (Fsp3) is 0.333. The molecule has 2 rings (SSSR count). The number of benzene rings is 1. The fourth-order valence-corrected chi connectivity index (χ4v) is 3.16. The van der Waals surface area contributed by atoms with E-state index in [-0.39, 0.29) is 0 Å². The second-order valence-electron chi connectivity index (χ2n) is 4.53. The lowest BCUT2D eigenvalue weighted by Gasteiger charge is -2.11. The van der Waals surface area contributed by atoms with Crippen LogP contribution in [-0.2, 0) is 5.75 Å². The lowest BCUT2D eigenvalue weighted by molar-refractivity contribution is 0.934. The summed E-state index contributed by atoms with van der Waals surface area (Å²) in [5, 5.41) is 4.08. The first-order chi connectivity index (χ1) is 10.1. The Kier molecular flexibility index (Phi) is 6.33. The van der Waals surface area contributed by atoms with Crippen molar-refractivity contribution in [3.63, 3.8) is 0 Å². The van der Waals surface area contributed by atoms with Crippen molar-refractivity contribution < 1.29 is 0 Å². The van der Waals surface area contributed by atoms with Crippen molar-refractivity contribution in [2.45, 2.75) is 30.9 Å². The van der Waals surface area contributed by atoms with Crippen LogP contribution in [-0.4, -0.2) is 16.5 Å². The summed E-state index contributed by atoms with van der Waals surface area (Å²) in [6.07, 6.45) is 1.05. The Hall–Kier alpha value is -0.780. The molecule has 0 aliphatic carbocycles. The molecule has 0 saturated heterocycles. The number of thioether (sulfide) groups is 1. The van der Waals surface area contributed by atoms with Crippen LogP contribution in [0.3, 0.4) is 0 Å². The first kappa shape index (κ1) is 16.6. The Morgan fingerprint density at radius 2 is 2.05 bits per heavy atom. The summed E-state index contributed by atoms with van der Waals surface area (Å²) in [5.74, 6) is 2.36. The van der Waals surface area contributed by atoms with Crippen molar-refractivity contribution in [1.29, 1.82) is 0 Å². The largest absolute Gasteiger partial charge is 0.369 e. The SMILES string of the molecule is CCCNc1nc(CSc2ccccc2Cl)nc(C)c1Br. The summed E-state index contributed by atoms with van der Waals surface area (Å²) in [6.45, 7) is 5.00. The second-order valence-corrected chi connectivity index (χ2v) is 6.75. The molecule has 1 heterocycles. The molecule has 0 unspecified atom stereocenters. The number of aromatic nitrogens is 2. The third kappa shape index (κ3) is 4.59. The van der Waals surface area contributed by atoms with Crippen LogP contribution < -0.4 is 5.32 Å². The van der Waals surface area contributed by atoms with Gasteiger partial charge in [-0.1, -0.05) is 30.7 Å². The highest BCUT2D eigenvalue weighted by Gasteiger charge is 2.10. The van der Waals surface area contributed by atoms with E-state index in [2.05, 4.69) is 38.1 Å². The van der Waals surface area contributed by atoms with E-state index < -0.39 is 0 Å². The van der Waals surface area contributed by atoms with Crippen LogP contribution in [0.4, 0.5) is 5.82 Å². The lowest BCUT2D eigenvalue weighted by atomic mass is 10.4. The molecular weight excluding hydrogens is 370 g/mol. The number of rotatable bonds is 6. The zero-order valence-corrected chi connectivity index (χ0v) is 15.1. The van der Waals surface area contributed by atoms with Crippen molar-refractivity contribution in [2.75, 3.05) is 11.9 Å². The summed E-state index contributed by atoms with van der Waals surface area (Å²) in [5.41, 5.74) is 0.943. The number of hydrogen-bond donors (Lipinski definition) is 1. The zero-order valence-electron chi connectivity index (χ0n) is 12.0. The molecule has 0 amide bonds. The highest BCUT2D eigenvalue weighted by molar-refractivity contribution is 9.10.